The van der Waals surface area contributed by atoms with Gasteiger partial charge in [0.05, 0.1) is 6.10 Å². The fourth-order valence-electron chi connectivity index (χ4n) is 2.72. The van der Waals surface area contributed by atoms with Crippen LogP contribution in [0.5, 0.6) is 0 Å². The van der Waals surface area contributed by atoms with E-state index in [-0.39, 0.29) is 11.2 Å². The van der Waals surface area contributed by atoms with Crippen molar-refractivity contribution in [1.29, 1.82) is 0 Å². The summed E-state index contributed by atoms with van der Waals surface area (Å²) in [7, 11) is 0. The number of benzene rings is 1. The van der Waals surface area contributed by atoms with Gasteiger partial charge in [-0.3, -0.25) is 0 Å². The topological polar surface area (TPSA) is 21.3 Å². The third kappa shape index (κ3) is 2.37. The second-order valence-electron chi connectivity index (χ2n) is 5.24. The Bertz CT molecular complexity index is 392. The predicted molar refractivity (Wildman–Crippen MR) is 72.2 cm³/mol. The zero-order valence-corrected chi connectivity index (χ0v) is 11.4. The van der Waals surface area contributed by atoms with E-state index in [0.29, 0.717) is 12.1 Å². The van der Waals surface area contributed by atoms with Gasteiger partial charge in [-0.25, -0.2) is 4.39 Å². The summed E-state index contributed by atoms with van der Waals surface area (Å²) in [6.45, 7) is 7.27. The average Bonchev–Trinajstić information content (AvgIpc) is 2.39. The first-order valence-corrected chi connectivity index (χ1v) is 6.74. The van der Waals surface area contributed by atoms with Crippen molar-refractivity contribution in [2.75, 3.05) is 11.9 Å². The van der Waals surface area contributed by atoms with Gasteiger partial charge >= 0.3 is 0 Å². The van der Waals surface area contributed by atoms with Gasteiger partial charge in [0, 0.05) is 23.8 Å². The van der Waals surface area contributed by atoms with Crippen LogP contribution in [0.15, 0.2) is 24.3 Å². The monoisotopic (exact) mass is 251 g/mol. The Morgan fingerprint density at radius 3 is 2.56 bits per heavy atom. The number of rotatable bonds is 5. The summed E-state index contributed by atoms with van der Waals surface area (Å²) < 4.78 is 18.6. The van der Waals surface area contributed by atoms with Gasteiger partial charge in [-0.05, 0) is 44.0 Å². The first kappa shape index (κ1) is 13.3. The first-order chi connectivity index (χ1) is 8.60. The van der Waals surface area contributed by atoms with Gasteiger partial charge < -0.3 is 10.1 Å². The summed E-state index contributed by atoms with van der Waals surface area (Å²) in [5.74, 6) is -0.195. The molecule has 1 aliphatic rings. The van der Waals surface area contributed by atoms with Crippen LogP contribution >= 0.6 is 0 Å². The van der Waals surface area contributed by atoms with Crippen LogP contribution in [0.1, 0.15) is 33.6 Å². The van der Waals surface area contributed by atoms with Crippen LogP contribution in [-0.4, -0.2) is 18.8 Å². The fraction of sp³-hybridized carbons (Fsp3) is 0.600. The Balaban J connectivity index is 2.00. The molecule has 1 fully saturated rings. The van der Waals surface area contributed by atoms with Crippen LogP contribution in [0.25, 0.3) is 0 Å². The van der Waals surface area contributed by atoms with E-state index in [1.54, 1.807) is 12.1 Å². The average molecular weight is 251 g/mol. The van der Waals surface area contributed by atoms with Crippen molar-refractivity contribution in [3.8, 4) is 0 Å². The molecule has 1 aromatic rings. The standard InChI is InChI=1S/C15H22FNO/c1-4-15(3)13(10-14(15)18-5-2)17-12-8-6-11(16)7-9-12/h6-9,13-14,17H,4-5,10H2,1-3H3. The molecule has 3 heteroatoms. The highest BCUT2D eigenvalue weighted by molar-refractivity contribution is 5.45. The van der Waals surface area contributed by atoms with E-state index in [0.717, 1.165) is 25.1 Å². The summed E-state index contributed by atoms with van der Waals surface area (Å²) in [6, 6.07) is 6.97. The largest absolute Gasteiger partial charge is 0.382 e. The van der Waals surface area contributed by atoms with Crippen molar-refractivity contribution in [3.05, 3.63) is 30.1 Å². The van der Waals surface area contributed by atoms with Crippen molar-refractivity contribution in [3.63, 3.8) is 0 Å². The molecule has 0 radical (unpaired) electrons. The Morgan fingerprint density at radius 2 is 2.00 bits per heavy atom. The fourth-order valence-corrected chi connectivity index (χ4v) is 2.72. The second-order valence-corrected chi connectivity index (χ2v) is 5.24. The van der Waals surface area contributed by atoms with Gasteiger partial charge in [0.25, 0.3) is 0 Å². The Labute approximate surface area is 109 Å². The lowest BCUT2D eigenvalue weighted by Crippen LogP contribution is -2.59. The Morgan fingerprint density at radius 1 is 1.33 bits per heavy atom. The molecule has 0 aliphatic heterocycles. The number of nitrogens with one attached hydrogen (secondary N) is 1. The molecule has 0 bridgehead atoms. The molecule has 1 aliphatic carbocycles. The molecule has 0 spiro atoms. The molecule has 0 amide bonds. The van der Waals surface area contributed by atoms with Crippen LogP contribution in [-0.2, 0) is 4.74 Å². The van der Waals surface area contributed by atoms with Gasteiger partial charge in [0.2, 0.25) is 0 Å². The molecule has 0 heterocycles. The summed E-state index contributed by atoms with van der Waals surface area (Å²) in [5, 5.41) is 3.49. The van der Waals surface area contributed by atoms with Crippen molar-refractivity contribution >= 4 is 5.69 Å². The maximum absolute atomic E-state index is 12.9. The molecular formula is C15H22FNO. The van der Waals surface area contributed by atoms with Crippen molar-refractivity contribution in [2.45, 2.75) is 45.8 Å². The van der Waals surface area contributed by atoms with Crippen molar-refractivity contribution in [2.24, 2.45) is 5.41 Å². The molecule has 18 heavy (non-hydrogen) atoms. The van der Waals surface area contributed by atoms with Crippen LogP contribution in [0.3, 0.4) is 0 Å². The minimum atomic E-state index is -0.195. The number of hydrogen-bond acceptors (Lipinski definition) is 2. The molecule has 0 saturated heterocycles. The molecule has 1 aromatic carbocycles. The lowest BCUT2D eigenvalue weighted by Gasteiger charge is -2.54. The van der Waals surface area contributed by atoms with E-state index >= 15 is 0 Å². The highest BCUT2D eigenvalue weighted by atomic mass is 19.1. The summed E-state index contributed by atoms with van der Waals surface area (Å²) >= 11 is 0. The molecule has 3 atom stereocenters. The van der Waals surface area contributed by atoms with Crippen molar-refractivity contribution in [1.82, 2.24) is 0 Å². The van der Waals surface area contributed by atoms with E-state index in [9.17, 15) is 4.39 Å². The minimum absolute atomic E-state index is 0.171. The number of ether oxygens (including phenoxy) is 1. The molecule has 2 nitrogen and oxygen atoms in total. The van der Waals surface area contributed by atoms with Crippen LogP contribution in [0.2, 0.25) is 0 Å². The third-order valence-corrected chi connectivity index (χ3v) is 4.30. The number of halogens is 1. The van der Waals surface area contributed by atoms with Gasteiger partial charge in [-0.1, -0.05) is 13.8 Å². The smallest absolute Gasteiger partial charge is 0.123 e. The summed E-state index contributed by atoms with van der Waals surface area (Å²) in [6.07, 6.45) is 2.44. The molecule has 100 valence electrons. The molecule has 2 rings (SSSR count). The lowest BCUT2D eigenvalue weighted by atomic mass is 9.61. The molecular weight excluding hydrogens is 229 g/mol. The minimum Gasteiger partial charge on any atom is -0.382 e. The second kappa shape index (κ2) is 5.27. The van der Waals surface area contributed by atoms with E-state index in [4.69, 9.17) is 4.74 Å². The number of anilines is 1. The Kier molecular flexibility index (Phi) is 3.91. The lowest BCUT2D eigenvalue weighted by molar-refractivity contribution is -0.109. The quantitative estimate of drug-likeness (QED) is 0.858. The van der Waals surface area contributed by atoms with E-state index in [1.807, 2.05) is 6.92 Å². The maximum Gasteiger partial charge on any atom is 0.123 e. The van der Waals surface area contributed by atoms with Crippen LogP contribution in [0.4, 0.5) is 10.1 Å². The maximum atomic E-state index is 12.9. The van der Waals surface area contributed by atoms with E-state index in [1.165, 1.54) is 12.1 Å². The van der Waals surface area contributed by atoms with Gasteiger partial charge in [0.15, 0.2) is 0 Å². The van der Waals surface area contributed by atoms with Gasteiger partial charge in [0.1, 0.15) is 5.82 Å². The van der Waals surface area contributed by atoms with Crippen LogP contribution < -0.4 is 5.32 Å². The zero-order valence-electron chi connectivity index (χ0n) is 11.4. The molecule has 0 aromatic heterocycles. The summed E-state index contributed by atoms with van der Waals surface area (Å²) in [5.41, 5.74) is 1.15. The Hall–Kier alpha value is -1.09. The summed E-state index contributed by atoms with van der Waals surface area (Å²) in [4.78, 5) is 0. The molecule has 1 N–H and O–H groups in total. The van der Waals surface area contributed by atoms with Gasteiger partial charge in [-0.15, -0.1) is 0 Å². The third-order valence-electron chi connectivity index (χ3n) is 4.30. The van der Waals surface area contributed by atoms with Gasteiger partial charge in [-0.2, -0.15) is 0 Å². The molecule has 3 unspecified atom stereocenters. The molecule has 1 saturated carbocycles. The SMILES string of the molecule is CCOC1CC(Nc2ccc(F)cc2)C1(C)CC. The van der Waals surface area contributed by atoms with E-state index < -0.39 is 0 Å². The number of hydrogen-bond donors (Lipinski definition) is 1. The van der Waals surface area contributed by atoms with Crippen molar-refractivity contribution < 1.29 is 9.13 Å². The first-order valence-electron chi connectivity index (χ1n) is 6.74. The highest BCUT2D eigenvalue weighted by Gasteiger charge is 2.51. The zero-order chi connectivity index (χ0) is 13.2. The predicted octanol–water partition coefficient (Wildman–Crippen LogP) is 3.83. The normalized spacial score (nSPS) is 30.9. The van der Waals surface area contributed by atoms with E-state index in [2.05, 4.69) is 19.2 Å². The van der Waals surface area contributed by atoms with Crippen LogP contribution in [0, 0.1) is 11.2 Å². The highest BCUT2D eigenvalue weighted by Crippen LogP contribution is 2.47.